The number of carbonyl (C=O) groups excluding carboxylic acids is 4. The first kappa shape index (κ1) is 86.8. The normalized spacial score (nSPS) is 16.0. The molecule has 3 aromatic carbocycles. The number of hydrogen-bond acceptors (Lipinski definition) is 16. The summed E-state index contributed by atoms with van der Waals surface area (Å²) in [6.45, 7) is 39.0. The predicted molar refractivity (Wildman–Crippen MR) is 394 cm³/mol. The molecule has 3 aliphatic heterocycles. The number of hydrogen-bond donors (Lipinski definition) is 7. The van der Waals surface area contributed by atoms with E-state index in [9.17, 15) is 44.4 Å². The fraction of sp³-hybridized carbons (Fsp3) is 0.667. The Bertz CT molecular complexity index is 3640. The summed E-state index contributed by atoms with van der Waals surface area (Å²) >= 11 is 0. The maximum Gasteiger partial charge on any atom is 0.309 e. The van der Waals surface area contributed by atoms with E-state index in [0.29, 0.717) is 86.2 Å². The molecule has 99 heavy (non-hydrogen) atoms. The smallest absolute Gasteiger partial charge is 0.309 e. The zero-order chi connectivity index (χ0) is 73.0. The van der Waals surface area contributed by atoms with Crippen molar-refractivity contribution in [2.75, 3.05) is 52.5 Å². The van der Waals surface area contributed by atoms with Crippen molar-refractivity contribution in [2.45, 2.75) is 265 Å². The zero-order valence-corrected chi connectivity index (χ0v) is 64.3. The molecule has 560 valence electrons. The van der Waals surface area contributed by atoms with E-state index in [2.05, 4.69) is 51.8 Å². The van der Waals surface area contributed by atoms with Gasteiger partial charge in [0.15, 0.2) is 5.96 Å². The van der Waals surface area contributed by atoms with Gasteiger partial charge in [-0.3, -0.25) is 29.2 Å². The molecule has 2 saturated heterocycles. The molecule has 2 atom stereocenters. The van der Waals surface area contributed by atoms with Crippen LogP contribution in [0.5, 0.6) is 5.75 Å². The summed E-state index contributed by atoms with van der Waals surface area (Å²) in [4.78, 5) is 64.6. The lowest BCUT2D eigenvalue weighted by molar-refractivity contribution is -0.151. The van der Waals surface area contributed by atoms with Crippen molar-refractivity contribution in [1.82, 2.24) is 30.1 Å². The van der Waals surface area contributed by atoms with E-state index >= 15 is 0 Å². The Labute approximate surface area is 593 Å². The van der Waals surface area contributed by atoms with Crippen LogP contribution in [0.2, 0.25) is 0 Å². The SMILES string of the molecule is C.CCOC(=O)C1CCN(C(=O)[C@H](CCCN=C(N)N)NS(=O)(=O)c2c(C(C)C)cc(C(C)C)cc2C(C)C)CC1.CCOC(=O)C1CCN(C(=O)[C@H](CCCN=C(N)NS(=O)(=O)c2c(C)c(C)c3c(c2C)CC(C)(C)O3)NS(=O)(=O)c2c(C(C)C)cc(C(C)C)cc2C(C)C)CC1.N. The predicted octanol–water partition coefficient (Wildman–Crippen LogP) is 10.6. The van der Waals surface area contributed by atoms with Crippen LogP contribution in [0.3, 0.4) is 0 Å². The standard InChI is InChI=1S/C42H65N5O8S2.C29H49N5O5S.CH4.H3N/c1-13-54-40(49)30-16-19-47(20-17-30)39(48)35(45-57(52,53)38-32(25(4)5)21-31(24(2)3)22-33(38)26(6)7)15-14-18-44-41(43)46-56(50,51)37-28(9)27(8)36-34(29(37)10)23-42(11,12)55-36;1-8-39-28(36)21-11-14-34(15-12-21)27(35)25(10-9-13-32-29(30)31)33-40(37,38)26-23(19(4)5)16-22(18(2)3)17-24(26)20(6)7;;/h21-22,24-26,30,35,45H,13-20,23H2,1-12H3,(H3,43,44,46);16-21,25,33H,8-15H2,1-7H3,(H4,30,31,32);1H4;1H3/t35-;25-;;/m00../s1. The number of ether oxygens (including phenoxy) is 3. The van der Waals surface area contributed by atoms with Gasteiger partial charge in [-0.1, -0.05) is 115 Å². The molecule has 2 fully saturated rings. The van der Waals surface area contributed by atoms with Gasteiger partial charge >= 0.3 is 11.9 Å². The molecular weight excluding hydrogens is 1320 g/mol. The fourth-order valence-electron chi connectivity index (χ4n) is 12.9. The summed E-state index contributed by atoms with van der Waals surface area (Å²) in [5, 5.41) is 0. The summed E-state index contributed by atoms with van der Waals surface area (Å²) in [7, 11) is -12.4. The third-order valence-corrected chi connectivity index (χ3v) is 23.3. The van der Waals surface area contributed by atoms with Crippen molar-refractivity contribution in [2.24, 2.45) is 39.0 Å². The van der Waals surface area contributed by atoms with Crippen LogP contribution in [0.15, 0.2) is 48.9 Å². The Morgan fingerprint density at radius 2 is 0.909 bits per heavy atom. The molecule has 12 N–H and O–H groups in total. The van der Waals surface area contributed by atoms with Crippen LogP contribution >= 0.6 is 0 Å². The van der Waals surface area contributed by atoms with E-state index in [-0.39, 0.29) is 157 Å². The molecule has 0 saturated carbocycles. The highest BCUT2D eigenvalue weighted by atomic mass is 32.2. The van der Waals surface area contributed by atoms with Gasteiger partial charge in [0.2, 0.25) is 37.8 Å². The van der Waals surface area contributed by atoms with Gasteiger partial charge in [-0.25, -0.2) is 30.0 Å². The summed E-state index contributed by atoms with van der Waals surface area (Å²) in [5.41, 5.74) is 24.3. The summed E-state index contributed by atoms with van der Waals surface area (Å²) in [6, 6.07) is 5.71. The molecule has 24 nitrogen and oxygen atoms in total. The number of amides is 2. The molecule has 3 heterocycles. The minimum Gasteiger partial charge on any atom is -0.487 e. The second-order valence-electron chi connectivity index (χ2n) is 28.5. The van der Waals surface area contributed by atoms with E-state index in [4.69, 9.17) is 31.4 Å². The molecule has 6 rings (SSSR count). The van der Waals surface area contributed by atoms with E-state index < -0.39 is 53.7 Å². The van der Waals surface area contributed by atoms with Crippen LogP contribution in [0.4, 0.5) is 0 Å². The van der Waals surface area contributed by atoms with Gasteiger partial charge in [0.25, 0.3) is 10.0 Å². The quantitative estimate of drug-likeness (QED) is 0.0154. The molecule has 0 radical (unpaired) electrons. The maximum atomic E-state index is 14.5. The van der Waals surface area contributed by atoms with Gasteiger partial charge in [0.05, 0.1) is 39.7 Å². The Hall–Kier alpha value is -6.39. The summed E-state index contributed by atoms with van der Waals surface area (Å²) in [6.07, 6.45) is 3.25. The molecule has 0 spiro atoms. The molecule has 0 aromatic heterocycles. The van der Waals surface area contributed by atoms with Gasteiger partial charge in [0, 0.05) is 51.3 Å². The van der Waals surface area contributed by atoms with Crippen molar-refractivity contribution < 1.29 is 58.6 Å². The number of benzene rings is 3. The van der Waals surface area contributed by atoms with Crippen molar-refractivity contribution in [3.63, 3.8) is 0 Å². The first-order chi connectivity index (χ1) is 45.1. The average molecular weight is 1450 g/mol. The zero-order valence-electron chi connectivity index (χ0n) is 61.9. The Morgan fingerprint density at radius 1 is 0.556 bits per heavy atom. The molecule has 3 aliphatic rings. The third kappa shape index (κ3) is 22.6. The van der Waals surface area contributed by atoms with Crippen molar-refractivity contribution in [1.29, 1.82) is 0 Å². The lowest BCUT2D eigenvalue weighted by Crippen LogP contribution is -2.51. The third-order valence-electron chi connectivity index (χ3n) is 18.4. The second kappa shape index (κ2) is 37.0. The summed E-state index contributed by atoms with van der Waals surface area (Å²) < 4.78 is 109. The highest BCUT2D eigenvalue weighted by Gasteiger charge is 2.40. The number of carbonyl (C=O) groups is 4. The van der Waals surface area contributed by atoms with Crippen molar-refractivity contribution in [3.05, 3.63) is 79.9 Å². The number of nitrogens with one attached hydrogen (secondary N) is 3. The summed E-state index contributed by atoms with van der Waals surface area (Å²) in [5.74, 6) is -1.41. The van der Waals surface area contributed by atoms with E-state index in [1.54, 1.807) is 37.5 Å². The van der Waals surface area contributed by atoms with Crippen LogP contribution in [0.1, 0.15) is 261 Å². The lowest BCUT2D eigenvalue weighted by Gasteiger charge is -2.34. The minimum atomic E-state index is -4.23. The minimum absolute atomic E-state index is 0. The highest BCUT2D eigenvalue weighted by Crippen LogP contribution is 2.44. The molecule has 0 aliphatic carbocycles. The van der Waals surface area contributed by atoms with Gasteiger partial charge < -0.3 is 47.4 Å². The van der Waals surface area contributed by atoms with Crippen molar-refractivity contribution >= 4 is 65.7 Å². The topological polar surface area (TPSA) is 379 Å². The number of aliphatic imine (C=N–C) groups is 2. The van der Waals surface area contributed by atoms with Crippen LogP contribution in [-0.4, -0.2) is 141 Å². The van der Waals surface area contributed by atoms with Crippen LogP contribution in [-0.2, 0) is 65.1 Å². The van der Waals surface area contributed by atoms with E-state index in [0.717, 1.165) is 33.4 Å². The number of esters is 2. The maximum absolute atomic E-state index is 14.5. The highest BCUT2D eigenvalue weighted by molar-refractivity contribution is 7.90. The van der Waals surface area contributed by atoms with Crippen LogP contribution < -0.4 is 42.3 Å². The molecular formula is C72H121N11O13S3. The van der Waals surface area contributed by atoms with Crippen LogP contribution in [0, 0.1) is 32.6 Å². The number of nitrogens with two attached hydrogens (primary N) is 3. The van der Waals surface area contributed by atoms with E-state index in [1.165, 1.54) is 0 Å². The molecule has 0 bridgehead atoms. The Kier molecular flexibility index (Phi) is 32.4. The molecule has 3 aromatic rings. The number of guanidine groups is 2. The molecule has 0 unspecified atom stereocenters. The number of rotatable bonds is 28. The number of nitrogens with zero attached hydrogens (tertiary/aromatic N) is 4. The molecule has 27 heteroatoms. The van der Waals surface area contributed by atoms with Gasteiger partial charge in [-0.2, -0.15) is 9.44 Å². The fourth-order valence-corrected chi connectivity index (χ4v) is 18.2. The van der Waals surface area contributed by atoms with Gasteiger partial charge in [-0.05, 0) is 185 Å². The molecule has 2 amide bonds. The monoisotopic (exact) mass is 1440 g/mol. The van der Waals surface area contributed by atoms with Gasteiger partial charge in [0.1, 0.15) is 23.4 Å². The average Bonchev–Trinajstić information content (AvgIpc) is 1.71. The number of likely N-dealkylation sites (tertiary alicyclic amines) is 2. The largest absolute Gasteiger partial charge is 0.487 e. The van der Waals surface area contributed by atoms with Crippen LogP contribution in [0.25, 0.3) is 0 Å². The first-order valence-corrected chi connectivity index (χ1v) is 39.1. The van der Waals surface area contributed by atoms with Crippen molar-refractivity contribution in [3.8, 4) is 5.75 Å². The number of piperidine rings is 2. The Morgan fingerprint density at radius 3 is 1.23 bits per heavy atom. The number of sulfonamides is 3. The lowest BCUT2D eigenvalue weighted by atomic mass is 9.89. The number of fused-ring (bicyclic) bond motifs is 1. The van der Waals surface area contributed by atoms with E-state index in [1.807, 2.05) is 100 Å². The Balaban J connectivity index is 0.000000536. The second-order valence-corrected chi connectivity index (χ2v) is 33.5. The first-order valence-electron chi connectivity index (χ1n) is 34.6. The van der Waals surface area contributed by atoms with Gasteiger partial charge in [-0.15, -0.1) is 0 Å².